The molecule has 1 aromatic heterocycles. The number of imidazole rings is 1. The lowest BCUT2D eigenvalue weighted by atomic mass is 10.0. The largest absolute Gasteiger partial charge is 0.461 e. The molecule has 1 fully saturated rings. The lowest BCUT2D eigenvalue weighted by molar-refractivity contribution is 0.0521. The van der Waals surface area contributed by atoms with Crippen LogP contribution < -0.4 is 5.73 Å². The molecule has 0 unspecified atom stereocenters. The molecular weight excluding hydrogens is 258 g/mol. The highest BCUT2D eigenvalue weighted by molar-refractivity contribution is 5.92. The maximum Gasteiger partial charge on any atom is 0.360 e. The average Bonchev–Trinajstić information content (AvgIpc) is 3.13. The van der Waals surface area contributed by atoms with E-state index in [0.29, 0.717) is 12.4 Å². The van der Waals surface area contributed by atoms with Crippen molar-refractivity contribution in [2.24, 2.45) is 5.41 Å². The van der Waals surface area contributed by atoms with Gasteiger partial charge in [-0.05, 0) is 38.5 Å². The van der Waals surface area contributed by atoms with Gasteiger partial charge in [-0.1, -0.05) is 0 Å². The Morgan fingerprint density at radius 1 is 1.50 bits per heavy atom. The minimum Gasteiger partial charge on any atom is -0.461 e. The SMILES string of the molecule is CCOC(=O)c1nc(C)n(CC2(CCOC)CC2)c1N. The predicted octanol–water partition coefficient (Wildman–Crippen LogP) is 1.77. The van der Waals surface area contributed by atoms with Crippen LogP contribution >= 0.6 is 0 Å². The van der Waals surface area contributed by atoms with Crippen LogP contribution in [-0.4, -0.2) is 35.8 Å². The number of hydrogen-bond donors (Lipinski definition) is 1. The molecule has 0 saturated heterocycles. The summed E-state index contributed by atoms with van der Waals surface area (Å²) >= 11 is 0. The van der Waals surface area contributed by atoms with Crippen molar-refractivity contribution >= 4 is 11.8 Å². The van der Waals surface area contributed by atoms with Crippen LogP contribution in [0.2, 0.25) is 0 Å². The number of nitrogens with zero attached hydrogens (tertiary/aromatic N) is 2. The number of aromatic nitrogens is 2. The highest BCUT2D eigenvalue weighted by atomic mass is 16.5. The summed E-state index contributed by atoms with van der Waals surface area (Å²) in [7, 11) is 1.71. The third kappa shape index (κ3) is 2.95. The molecule has 1 aliphatic carbocycles. The van der Waals surface area contributed by atoms with Gasteiger partial charge in [0.15, 0.2) is 5.69 Å². The third-order valence-electron chi connectivity index (χ3n) is 3.95. The molecule has 0 amide bonds. The summed E-state index contributed by atoms with van der Waals surface area (Å²) in [6.45, 7) is 5.49. The summed E-state index contributed by atoms with van der Waals surface area (Å²) in [4.78, 5) is 16.0. The molecule has 2 N–H and O–H groups in total. The number of nitrogens with two attached hydrogens (primary N) is 1. The van der Waals surface area contributed by atoms with Crippen molar-refractivity contribution in [3.05, 3.63) is 11.5 Å². The fourth-order valence-corrected chi connectivity index (χ4v) is 2.45. The van der Waals surface area contributed by atoms with Crippen LogP contribution in [0.25, 0.3) is 0 Å². The van der Waals surface area contributed by atoms with E-state index < -0.39 is 5.97 Å². The van der Waals surface area contributed by atoms with Gasteiger partial charge < -0.3 is 19.8 Å². The third-order valence-corrected chi connectivity index (χ3v) is 3.95. The van der Waals surface area contributed by atoms with Gasteiger partial charge in [-0.2, -0.15) is 0 Å². The van der Waals surface area contributed by atoms with Gasteiger partial charge in [0.1, 0.15) is 11.6 Å². The summed E-state index contributed by atoms with van der Waals surface area (Å²) in [5.41, 5.74) is 6.55. The normalized spacial score (nSPS) is 16.1. The zero-order chi connectivity index (χ0) is 14.8. The predicted molar refractivity (Wildman–Crippen MR) is 75.5 cm³/mol. The van der Waals surface area contributed by atoms with E-state index in [1.165, 1.54) is 12.8 Å². The minimum atomic E-state index is -0.450. The molecule has 2 rings (SSSR count). The fraction of sp³-hybridized carbons (Fsp3) is 0.714. The van der Waals surface area contributed by atoms with Crippen LogP contribution in [-0.2, 0) is 16.0 Å². The molecule has 0 radical (unpaired) electrons. The Hall–Kier alpha value is -1.56. The smallest absolute Gasteiger partial charge is 0.360 e. The second-order valence-electron chi connectivity index (χ2n) is 5.44. The first-order chi connectivity index (χ1) is 9.53. The minimum absolute atomic E-state index is 0.229. The van der Waals surface area contributed by atoms with Gasteiger partial charge >= 0.3 is 5.97 Å². The van der Waals surface area contributed by atoms with Crippen LogP contribution in [0.4, 0.5) is 5.82 Å². The van der Waals surface area contributed by atoms with Crippen molar-refractivity contribution in [1.82, 2.24) is 9.55 Å². The van der Waals surface area contributed by atoms with E-state index >= 15 is 0 Å². The Kier molecular flexibility index (Phi) is 4.32. The maximum atomic E-state index is 11.8. The average molecular weight is 281 g/mol. The van der Waals surface area contributed by atoms with E-state index in [1.807, 2.05) is 11.5 Å². The van der Waals surface area contributed by atoms with E-state index in [2.05, 4.69) is 4.98 Å². The molecule has 6 heteroatoms. The molecule has 6 nitrogen and oxygen atoms in total. The Morgan fingerprint density at radius 3 is 2.75 bits per heavy atom. The van der Waals surface area contributed by atoms with Crippen LogP contribution in [0.15, 0.2) is 0 Å². The number of nitrogen functional groups attached to an aromatic ring is 1. The number of methoxy groups -OCH3 is 1. The zero-order valence-corrected chi connectivity index (χ0v) is 12.4. The molecule has 0 bridgehead atoms. The number of aryl methyl sites for hydroxylation is 1. The summed E-state index contributed by atoms with van der Waals surface area (Å²) in [5, 5.41) is 0. The second kappa shape index (κ2) is 5.83. The van der Waals surface area contributed by atoms with Crippen LogP contribution in [0.5, 0.6) is 0 Å². The van der Waals surface area contributed by atoms with Crippen LogP contribution in [0.1, 0.15) is 42.5 Å². The molecule has 20 heavy (non-hydrogen) atoms. The zero-order valence-electron chi connectivity index (χ0n) is 12.4. The first kappa shape index (κ1) is 14.8. The van der Waals surface area contributed by atoms with Gasteiger partial charge in [0, 0.05) is 20.3 Å². The Labute approximate surface area is 119 Å². The summed E-state index contributed by atoms with van der Waals surface area (Å²) < 4.78 is 12.1. The van der Waals surface area contributed by atoms with Crippen LogP contribution in [0.3, 0.4) is 0 Å². The van der Waals surface area contributed by atoms with E-state index in [4.69, 9.17) is 15.2 Å². The molecule has 1 saturated carbocycles. The molecule has 0 atom stereocenters. The van der Waals surface area contributed by atoms with Crippen molar-refractivity contribution < 1.29 is 14.3 Å². The van der Waals surface area contributed by atoms with Crippen molar-refractivity contribution in [3.63, 3.8) is 0 Å². The topological polar surface area (TPSA) is 79.4 Å². The Bertz CT molecular complexity index is 492. The van der Waals surface area contributed by atoms with Crippen LogP contribution in [0, 0.1) is 12.3 Å². The number of hydrogen-bond acceptors (Lipinski definition) is 5. The first-order valence-electron chi connectivity index (χ1n) is 7.01. The van der Waals surface area contributed by atoms with Gasteiger partial charge in [-0.3, -0.25) is 0 Å². The Morgan fingerprint density at radius 2 is 2.20 bits per heavy atom. The molecule has 1 aliphatic rings. The lowest BCUT2D eigenvalue weighted by Crippen LogP contribution is -2.17. The van der Waals surface area contributed by atoms with E-state index in [9.17, 15) is 4.79 Å². The second-order valence-corrected chi connectivity index (χ2v) is 5.44. The molecule has 0 spiro atoms. The van der Waals surface area contributed by atoms with Crippen molar-refractivity contribution in [2.75, 3.05) is 26.1 Å². The number of ether oxygens (including phenoxy) is 2. The van der Waals surface area contributed by atoms with Gasteiger partial charge in [0.05, 0.1) is 6.61 Å². The molecule has 1 heterocycles. The lowest BCUT2D eigenvalue weighted by Gasteiger charge is -2.17. The molecule has 0 aliphatic heterocycles. The van der Waals surface area contributed by atoms with E-state index in [0.717, 1.165) is 25.4 Å². The van der Waals surface area contributed by atoms with Crippen molar-refractivity contribution in [3.8, 4) is 0 Å². The summed E-state index contributed by atoms with van der Waals surface area (Å²) in [5.74, 6) is 0.715. The highest BCUT2D eigenvalue weighted by Gasteiger charge is 2.43. The maximum absolute atomic E-state index is 11.8. The van der Waals surface area contributed by atoms with Gasteiger partial charge in [-0.15, -0.1) is 0 Å². The highest BCUT2D eigenvalue weighted by Crippen LogP contribution is 2.50. The molecule has 0 aromatic carbocycles. The number of rotatable bonds is 7. The standard InChI is InChI=1S/C14H23N3O3/c1-4-20-13(18)11-12(15)17(10(2)16-11)9-14(5-6-14)7-8-19-3/h4-9,15H2,1-3H3. The number of anilines is 1. The molecular formula is C14H23N3O3. The van der Waals surface area contributed by atoms with Gasteiger partial charge in [0.25, 0.3) is 0 Å². The van der Waals surface area contributed by atoms with Crippen molar-refractivity contribution in [1.29, 1.82) is 0 Å². The molecule has 112 valence electrons. The Balaban J connectivity index is 2.14. The number of esters is 1. The first-order valence-corrected chi connectivity index (χ1v) is 7.01. The number of carbonyl (C=O) groups is 1. The van der Waals surface area contributed by atoms with Gasteiger partial charge in [-0.25, -0.2) is 9.78 Å². The monoisotopic (exact) mass is 281 g/mol. The van der Waals surface area contributed by atoms with E-state index in [1.54, 1.807) is 14.0 Å². The van der Waals surface area contributed by atoms with Gasteiger partial charge in [0.2, 0.25) is 0 Å². The van der Waals surface area contributed by atoms with E-state index in [-0.39, 0.29) is 11.1 Å². The fourth-order valence-electron chi connectivity index (χ4n) is 2.45. The molecule has 1 aromatic rings. The number of carbonyl (C=O) groups excluding carboxylic acids is 1. The van der Waals surface area contributed by atoms with Crippen molar-refractivity contribution in [2.45, 2.75) is 39.7 Å². The summed E-state index contributed by atoms with van der Waals surface area (Å²) in [6.07, 6.45) is 3.35. The quantitative estimate of drug-likeness (QED) is 0.770. The summed E-state index contributed by atoms with van der Waals surface area (Å²) in [6, 6.07) is 0.